The van der Waals surface area contributed by atoms with E-state index in [0.29, 0.717) is 6.54 Å². The maximum atomic E-state index is 11.7. The highest BCUT2D eigenvalue weighted by Gasteiger charge is 2.17. The van der Waals surface area contributed by atoms with Crippen LogP contribution in [0.1, 0.15) is 46.1 Å². The number of nitrogens with one attached hydrogen (secondary N) is 2. The molecule has 1 rings (SSSR count). The molecule has 0 aliphatic carbocycles. The van der Waals surface area contributed by atoms with Crippen LogP contribution in [0.3, 0.4) is 0 Å². The monoisotopic (exact) mass is 296 g/mol. The van der Waals surface area contributed by atoms with Gasteiger partial charge >= 0.3 is 6.09 Å². The molecule has 0 bridgehead atoms. The smallest absolute Gasteiger partial charge is 0.407 e. The highest BCUT2D eigenvalue weighted by Crippen LogP contribution is 2.06. The highest BCUT2D eigenvalue weighted by atomic mass is 16.6. The fourth-order valence-corrected chi connectivity index (χ4v) is 1.97. The second kappa shape index (κ2) is 8.02. The minimum absolute atomic E-state index is 0.225. The Morgan fingerprint density at radius 1 is 1.48 bits per heavy atom. The predicted molar refractivity (Wildman–Crippen MR) is 83.0 cm³/mol. The average Bonchev–Trinajstić information content (AvgIpc) is 2.76. The first-order valence-corrected chi connectivity index (χ1v) is 7.48. The second-order valence-corrected chi connectivity index (χ2v) is 6.27. The van der Waals surface area contributed by atoms with Crippen molar-refractivity contribution in [2.75, 3.05) is 6.54 Å². The van der Waals surface area contributed by atoms with Crippen LogP contribution in [0.2, 0.25) is 0 Å². The Kier molecular flexibility index (Phi) is 6.68. The van der Waals surface area contributed by atoms with Gasteiger partial charge in [-0.2, -0.15) is 5.10 Å². The van der Waals surface area contributed by atoms with Gasteiger partial charge in [0.25, 0.3) is 0 Å². The summed E-state index contributed by atoms with van der Waals surface area (Å²) in [6, 6.07) is 0.225. The standard InChI is InChI=1S/C15H28N4O2/c1-6-7-13(10-17-14(20)21-15(2,3)4)16-8-12-9-18-19(5)11-12/h9,11,13,16H,6-8,10H2,1-5H3,(H,17,20). The molecule has 0 aliphatic rings. The van der Waals surface area contributed by atoms with E-state index in [9.17, 15) is 4.79 Å². The van der Waals surface area contributed by atoms with Gasteiger partial charge in [0.2, 0.25) is 0 Å². The molecule has 1 unspecified atom stereocenters. The number of carbonyl (C=O) groups excluding carboxylic acids is 1. The lowest BCUT2D eigenvalue weighted by molar-refractivity contribution is 0.0521. The van der Waals surface area contributed by atoms with Gasteiger partial charge in [-0.05, 0) is 27.2 Å². The molecule has 2 N–H and O–H groups in total. The lowest BCUT2D eigenvalue weighted by atomic mass is 10.1. The number of nitrogens with zero attached hydrogens (tertiary/aromatic N) is 2. The Balaban J connectivity index is 2.37. The zero-order valence-corrected chi connectivity index (χ0v) is 13.8. The average molecular weight is 296 g/mol. The zero-order valence-electron chi connectivity index (χ0n) is 13.8. The number of ether oxygens (including phenoxy) is 1. The van der Waals surface area contributed by atoms with Gasteiger partial charge in [-0.15, -0.1) is 0 Å². The molecule has 1 amide bonds. The number of aromatic nitrogens is 2. The van der Waals surface area contributed by atoms with Crippen LogP contribution in [0.5, 0.6) is 0 Å². The van der Waals surface area contributed by atoms with Crippen molar-refractivity contribution in [2.24, 2.45) is 7.05 Å². The van der Waals surface area contributed by atoms with Crippen molar-refractivity contribution in [1.29, 1.82) is 0 Å². The molecule has 1 atom stereocenters. The Morgan fingerprint density at radius 3 is 2.71 bits per heavy atom. The summed E-state index contributed by atoms with van der Waals surface area (Å²) in [5.74, 6) is 0. The predicted octanol–water partition coefficient (Wildman–Crippen LogP) is 2.20. The second-order valence-electron chi connectivity index (χ2n) is 6.27. The molecule has 21 heavy (non-hydrogen) atoms. The maximum absolute atomic E-state index is 11.7. The van der Waals surface area contributed by atoms with Crippen LogP contribution in [0.4, 0.5) is 4.79 Å². The number of rotatable bonds is 7. The van der Waals surface area contributed by atoms with E-state index >= 15 is 0 Å². The van der Waals surface area contributed by atoms with Gasteiger partial charge in [0.05, 0.1) is 6.20 Å². The van der Waals surface area contributed by atoms with Gasteiger partial charge in [0, 0.05) is 37.9 Å². The fraction of sp³-hybridized carbons (Fsp3) is 0.733. The number of carbonyl (C=O) groups is 1. The van der Waals surface area contributed by atoms with E-state index in [4.69, 9.17) is 4.74 Å². The third-order valence-corrected chi connectivity index (χ3v) is 2.88. The van der Waals surface area contributed by atoms with Gasteiger partial charge in [-0.25, -0.2) is 4.79 Å². The maximum Gasteiger partial charge on any atom is 0.407 e. The number of hydrogen-bond donors (Lipinski definition) is 2. The van der Waals surface area contributed by atoms with E-state index in [-0.39, 0.29) is 12.1 Å². The van der Waals surface area contributed by atoms with Crippen molar-refractivity contribution in [3.05, 3.63) is 18.0 Å². The van der Waals surface area contributed by atoms with Crippen molar-refractivity contribution < 1.29 is 9.53 Å². The molecular weight excluding hydrogens is 268 g/mol. The van der Waals surface area contributed by atoms with Crippen LogP contribution in [-0.2, 0) is 18.3 Å². The number of aryl methyl sites for hydroxylation is 1. The summed E-state index contributed by atoms with van der Waals surface area (Å²) in [4.78, 5) is 11.7. The molecule has 0 saturated carbocycles. The third-order valence-electron chi connectivity index (χ3n) is 2.88. The van der Waals surface area contributed by atoms with E-state index in [0.717, 1.165) is 24.9 Å². The summed E-state index contributed by atoms with van der Waals surface area (Å²) in [6.07, 6.45) is 5.51. The van der Waals surface area contributed by atoms with Crippen LogP contribution in [0.25, 0.3) is 0 Å². The first kappa shape index (κ1) is 17.5. The van der Waals surface area contributed by atoms with Crippen molar-refractivity contribution in [3.8, 4) is 0 Å². The molecule has 0 saturated heterocycles. The van der Waals surface area contributed by atoms with Crippen LogP contribution in [0, 0.1) is 0 Å². The fourth-order valence-electron chi connectivity index (χ4n) is 1.97. The summed E-state index contributed by atoms with van der Waals surface area (Å²) in [7, 11) is 1.90. The molecule has 0 aliphatic heterocycles. The zero-order chi connectivity index (χ0) is 15.9. The normalized spacial score (nSPS) is 13.0. The Labute approximate surface area is 127 Å². The van der Waals surface area contributed by atoms with E-state index < -0.39 is 5.60 Å². The minimum atomic E-state index is -0.465. The largest absolute Gasteiger partial charge is 0.444 e. The van der Waals surface area contributed by atoms with Crippen molar-refractivity contribution in [3.63, 3.8) is 0 Å². The Morgan fingerprint density at radius 2 is 2.19 bits per heavy atom. The Hall–Kier alpha value is -1.56. The topological polar surface area (TPSA) is 68.2 Å². The van der Waals surface area contributed by atoms with Gasteiger partial charge < -0.3 is 15.4 Å². The molecule has 120 valence electrons. The summed E-state index contributed by atoms with van der Waals surface area (Å²) in [5.41, 5.74) is 0.670. The van der Waals surface area contributed by atoms with Gasteiger partial charge in [0.1, 0.15) is 5.60 Å². The third kappa shape index (κ3) is 7.70. The highest BCUT2D eigenvalue weighted by molar-refractivity contribution is 5.67. The molecular formula is C15H28N4O2. The van der Waals surface area contributed by atoms with E-state index in [1.807, 2.05) is 40.2 Å². The molecule has 0 spiro atoms. The first-order chi connectivity index (χ1) is 9.80. The lowest BCUT2D eigenvalue weighted by Gasteiger charge is -2.22. The summed E-state index contributed by atoms with van der Waals surface area (Å²) < 4.78 is 7.02. The SMILES string of the molecule is CCCC(CNC(=O)OC(C)(C)C)NCc1cnn(C)c1. The van der Waals surface area contributed by atoms with Gasteiger partial charge in [-0.1, -0.05) is 13.3 Å². The van der Waals surface area contributed by atoms with Gasteiger partial charge in [0.15, 0.2) is 0 Å². The molecule has 0 radical (unpaired) electrons. The van der Waals surface area contributed by atoms with Crippen molar-refractivity contribution >= 4 is 6.09 Å². The molecule has 0 fully saturated rings. The van der Waals surface area contributed by atoms with E-state index in [2.05, 4.69) is 22.7 Å². The summed E-state index contributed by atoms with van der Waals surface area (Å²) in [6.45, 7) is 9.01. The van der Waals surface area contributed by atoms with E-state index in [1.165, 1.54) is 0 Å². The number of amides is 1. The Bertz CT molecular complexity index is 437. The summed E-state index contributed by atoms with van der Waals surface area (Å²) >= 11 is 0. The molecule has 0 aromatic carbocycles. The molecule has 1 aromatic rings. The number of hydrogen-bond acceptors (Lipinski definition) is 4. The first-order valence-electron chi connectivity index (χ1n) is 7.48. The van der Waals surface area contributed by atoms with Crippen LogP contribution in [-0.4, -0.2) is 34.1 Å². The molecule has 6 heteroatoms. The molecule has 1 aromatic heterocycles. The van der Waals surface area contributed by atoms with Crippen LogP contribution in [0.15, 0.2) is 12.4 Å². The van der Waals surface area contributed by atoms with E-state index in [1.54, 1.807) is 4.68 Å². The van der Waals surface area contributed by atoms with Crippen LogP contribution >= 0.6 is 0 Å². The van der Waals surface area contributed by atoms with Gasteiger partial charge in [-0.3, -0.25) is 4.68 Å². The number of alkyl carbamates (subject to hydrolysis) is 1. The minimum Gasteiger partial charge on any atom is -0.444 e. The summed E-state index contributed by atoms with van der Waals surface area (Å²) in [5, 5.41) is 10.4. The molecule has 1 heterocycles. The van der Waals surface area contributed by atoms with Crippen molar-refractivity contribution in [2.45, 2.75) is 58.7 Å². The quantitative estimate of drug-likeness (QED) is 0.809. The lowest BCUT2D eigenvalue weighted by Crippen LogP contribution is -2.42. The van der Waals surface area contributed by atoms with Crippen molar-refractivity contribution in [1.82, 2.24) is 20.4 Å². The van der Waals surface area contributed by atoms with Crippen LogP contribution < -0.4 is 10.6 Å². The molecule has 6 nitrogen and oxygen atoms in total.